The molecule has 0 N–H and O–H groups in total. The smallest absolute Gasteiger partial charge is 0.258 e. The van der Waals surface area contributed by atoms with Crippen LogP contribution in [-0.4, -0.2) is 14.9 Å². The van der Waals surface area contributed by atoms with Gasteiger partial charge in [0.05, 0.1) is 10.4 Å². The molecule has 6 heteroatoms. The average molecular weight is 210 g/mol. The van der Waals surface area contributed by atoms with Crippen LogP contribution in [0.25, 0.3) is 10.9 Å². The van der Waals surface area contributed by atoms with E-state index in [9.17, 15) is 10.1 Å². The fraction of sp³-hybridized carbons (Fsp3) is 0. The van der Waals surface area contributed by atoms with Crippen molar-refractivity contribution in [3.05, 3.63) is 39.8 Å². The lowest BCUT2D eigenvalue weighted by Gasteiger charge is -1.97. The Morgan fingerprint density at radius 1 is 1.43 bits per heavy atom. The van der Waals surface area contributed by atoms with Crippen molar-refractivity contribution in [1.82, 2.24) is 9.97 Å². The van der Waals surface area contributed by atoms with E-state index in [1.807, 2.05) is 0 Å². The van der Waals surface area contributed by atoms with E-state index in [0.717, 1.165) is 0 Å². The van der Waals surface area contributed by atoms with Crippen LogP contribution >= 0.6 is 11.6 Å². The first-order valence-corrected chi connectivity index (χ1v) is 4.10. The Balaban J connectivity index is 2.77. The largest absolute Gasteiger partial charge is 0.288 e. The highest BCUT2D eigenvalue weighted by molar-refractivity contribution is 6.33. The highest BCUT2D eigenvalue weighted by Crippen LogP contribution is 2.28. The lowest BCUT2D eigenvalue weighted by molar-refractivity contribution is -0.384. The number of halogens is 1. The zero-order valence-corrected chi connectivity index (χ0v) is 7.60. The molecule has 70 valence electrons. The van der Waals surface area contributed by atoms with E-state index in [-0.39, 0.29) is 10.7 Å². The molecular weight excluding hydrogens is 206 g/mol. The molecule has 2 rings (SSSR count). The second-order valence-corrected chi connectivity index (χ2v) is 3.05. The Morgan fingerprint density at radius 2 is 2.21 bits per heavy atom. The predicted octanol–water partition coefficient (Wildman–Crippen LogP) is 2.19. The monoisotopic (exact) mass is 209 g/mol. The van der Waals surface area contributed by atoms with Crippen molar-refractivity contribution >= 4 is 28.2 Å². The molecule has 0 atom stereocenters. The van der Waals surface area contributed by atoms with Crippen LogP contribution < -0.4 is 0 Å². The lowest BCUT2D eigenvalue weighted by atomic mass is 10.2. The summed E-state index contributed by atoms with van der Waals surface area (Å²) in [6, 6.07) is 2.81. The molecule has 1 aromatic heterocycles. The molecule has 1 aromatic carbocycles. The highest BCUT2D eigenvalue weighted by atomic mass is 35.5. The van der Waals surface area contributed by atoms with E-state index < -0.39 is 4.92 Å². The first kappa shape index (κ1) is 8.83. The minimum atomic E-state index is -0.533. The van der Waals surface area contributed by atoms with Crippen molar-refractivity contribution in [2.24, 2.45) is 0 Å². The van der Waals surface area contributed by atoms with E-state index in [2.05, 4.69) is 9.97 Å². The van der Waals surface area contributed by atoms with E-state index in [1.54, 1.807) is 0 Å². The molecule has 0 spiro atoms. The van der Waals surface area contributed by atoms with Crippen LogP contribution in [-0.2, 0) is 0 Å². The Morgan fingerprint density at radius 3 is 2.93 bits per heavy atom. The molecule has 0 fully saturated rings. The van der Waals surface area contributed by atoms with Gasteiger partial charge in [-0.3, -0.25) is 10.1 Å². The fourth-order valence-corrected chi connectivity index (χ4v) is 1.36. The van der Waals surface area contributed by atoms with Crippen LogP contribution in [0.5, 0.6) is 0 Å². The SMILES string of the molecule is O=[N+]([O-])c1cc2cncnc2cc1Cl. The third-order valence-corrected chi connectivity index (χ3v) is 2.07. The summed E-state index contributed by atoms with van der Waals surface area (Å²) in [5.74, 6) is 0. The van der Waals surface area contributed by atoms with Gasteiger partial charge in [-0.05, 0) is 6.07 Å². The quantitative estimate of drug-likeness (QED) is 0.533. The van der Waals surface area contributed by atoms with Crippen LogP contribution in [0.1, 0.15) is 0 Å². The first-order chi connectivity index (χ1) is 6.68. The number of rotatable bonds is 1. The molecule has 14 heavy (non-hydrogen) atoms. The zero-order chi connectivity index (χ0) is 10.1. The summed E-state index contributed by atoms with van der Waals surface area (Å²) in [6.07, 6.45) is 2.87. The third-order valence-electron chi connectivity index (χ3n) is 1.77. The second kappa shape index (κ2) is 3.19. The summed E-state index contributed by atoms with van der Waals surface area (Å²) in [7, 11) is 0. The highest BCUT2D eigenvalue weighted by Gasteiger charge is 2.13. The van der Waals surface area contributed by atoms with Crippen molar-refractivity contribution in [2.75, 3.05) is 0 Å². The van der Waals surface area contributed by atoms with Crippen molar-refractivity contribution in [3.63, 3.8) is 0 Å². The fourth-order valence-electron chi connectivity index (χ4n) is 1.13. The maximum Gasteiger partial charge on any atom is 0.288 e. The second-order valence-electron chi connectivity index (χ2n) is 2.64. The van der Waals surface area contributed by atoms with Crippen molar-refractivity contribution in [1.29, 1.82) is 0 Å². The van der Waals surface area contributed by atoms with Crippen LogP contribution in [0, 0.1) is 10.1 Å². The normalized spacial score (nSPS) is 10.4. The molecule has 0 radical (unpaired) electrons. The zero-order valence-electron chi connectivity index (χ0n) is 6.85. The summed E-state index contributed by atoms with van der Waals surface area (Å²) in [5, 5.41) is 11.2. The molecular formula is C8H4ClN3O2. The van der Waals surface area contributed by atoms with E-state index >= 15 is 0 Å². The van der Waals surface area contributed by atoms with Crippen molar-refractivity contribution < 1.29 is 4.92 Å². The number of aromatic nitrogens is 2. The summed E-state index contributed by atoms with van der Waals surface area (Å²) in [5.41, 5.74) is 0.463. The number of hydrogen-bond acceptors (Lipinski definition) is 4. The molecule has 0 saturated carbocycles. The van der Waals surface area contributed by atoms with Crippen LogP contribution in [0.3, 0.4) is 0 Å². The van der Waals surface area contributed by atoms with Gasteiger partial charge in [0.15, 0.2) is 0 Å². The number of nitro groups is 1. The Bertz CT molecular complexity index is 515. The summed E-state index contributed by atoms with van der Waals surface area (Å²) < 4.78 is 0. The van der Waals surface area contributed by atoms with Gasteiger partial charge in [-0.1, -0.05) is 11.6 Å². The van der Waals surface area contributed by atoms with Crippen LogP contribution in [0.15, 0.2) is 24.7 Å². The number of hydrogen-bond donors (Lipinski definition) is 0. The van der Waals surface area contributed by atoms with Gasteiger partial charge in [-0.15, -0.1) is 0 Å². The molecule has 0 saturated heterocycles. The molecule has 0 amide bonds. The summed E-state index contributed by atoms with van der Waals surface area (Å²) in [6.45, 7) is 0. The summed E-state index contributed by atoms with van der Waals surface area (Å²) in [4.78, 5) is 17.7. The summed E-state index contributed by atoms with van der Waals surface area (Å²) >= 11 is 5.70. The minimum Gasteiger partial charge on any atom is -0.258 e. The van der Waals surface area contributed by atoms with E-state index in [0.29, 0.717) is 10.9 Å². The molecule has 2 aromatic rings. The van der Waals surface area contributed by atoms with Gasteiger partial charge in [-0.2, -0.15) is 0 Å². The van der Waals surface area contributed by atoms with E-state index in [1.165, 1.54) is 24.7 Å². The van der Waals surface area contributed by atoms with Gasteiger partial charge >= 0.3 is 0 Å². The predicted molar refractivity (Wildman–Crippen MR) is 51.2 cm³/mol. The Labute approximate surface area is 83.5 Å². The Kier molecular flexibility index (Phi) is 2.01. The molecule has 5 nitrogen and oxygen atoms in total. The molecule has 0 unspecified atom stereocenters. The average Bonchev–Trinajstić information content (AvgIpc) is 2.16. The maximum absolute atomic E-state index is 10.5. The van der Waals surface area contributed by atoms with Crippen molar-refractivity contribution in [2.45, 2.75) is 0 Å². The third kappa shape index (κ3) is 1.38. The van der Waals surface area contributed by atoms with Crippen LogP contribution in [0.4, 0.5) is 5.69 Å². The lowest BCUT2D eigenvalue weighted by Crippen LogP contribution is -1.90. The number of nitrogens with zero attached hydrogens (tertiary/aromatic N) is 3. The van der Waals surface area contributed by atoms with Gasteiger partial charge in [0.2, 0.25) is 0 Å². The Hall–Kier alpha value is -1.75. The van der Waals surface area contributed by atoms with Gasteiger partial charge in [-0.25, -0.2) is 9.97 Å². The van der Waals surface area contributed by atoms with Gasteiger partial charge in [0.25, 0.3) is 5.69 Å². The number of benzene rings is 1. The van der Waals surface area contributed by atoms with Gasteiger partial charge < -0.3 is 0 Å². The number of nitro benzene ring substituents is 1. The molecule has 0 aliphatic heterocycles. The molecule has 0 aliphatic carbocycles. The van der Waals surface area contributed by atoms with Gasteiger partial charge in [0, 0.05) is 17.6 Å². The number of fused-ring (bicyclic) bond motifs is 1. The molecule has 0 aliphatic rings. The van der Waals surface area contributed by atoms with Crippen molar-refractivity contribution in [3.8, 4) is 0 Å². The molecule has 0 bridgehead atoms. The van der Waals surface area contributed by atoms with E-state index in [4.69, 9.17) is 11.6 Å². The minimum absolute atomic E-state index is 0.0844. The van der Waals surface area contributed by atoms with Crippen LogP contribution in [0.2, 0.25) is 5.02 Å². The topological polar surface area (TPSA) is 68.9 Å². The molecule has 1 heterocycles. The first-order valence-electron chi connectivity index (χ1n) is 3.72. The standard InChI is InChI=1S/C8H4ClN3O2/c9-6-2-7-5(3-10-4-11-7)1-8(6)12(13)14/h1-4H. The van der Waals surface area contributed by atoms with Gasteiger partial charge in [0.1, 0.15) is 11.3 Å². The maximum atomic E-state index is 10.5.